The summed E-state index contributed by atoms with van der Waals surface area (Å²) in [4.78, 5) is 11.8. The summed E-state index contributed by atoms with van der Waals surface area (Å²) in [7, 11) is 0. The van der Waals surface area contributed by atoms with Crippen molar-refractivity contribution in [3.05, 3.63) is 31.0 Å². The maximum Gasteiger partial charge on any atom is 0.141 e. The molecule has 3 aromatic heterocycles. The van der Waals surface area contributed by atoms with Crippen molar-refractivity contribution in [3.8, 4) is 17.3 Å². The number of nitrogens with zero attached hydrogens (tertiary/aromatic N) is 5. The van der Waals surface area contributed by atoms with Crippen molar-refractivity contribution in [2.45, 2.75) is 44.1 Å². The Labute approximate surface area is 134 Å². The van der Waals surface area contributed by atoms with Gasteiger partial charge in [0, 0.05) is 23.3 Å². The Morgan fingerprint density at radius 2 is 2.13 bits per heavy atom. The number of nitriles is 1. The molecule has 3 aromatic rings. The van der Waals surface area contributed by atoms with Crippen LogP contribution in [-0.2, 0) is 5.54 Å². The van der Waals surface area contributed by atoms with Crippen LogP contribution in [0.1, 0.15) is 38.5 Å². The Morgan fingerprint density at radius 1 is 1.26 bits per heavy atom. The number of hydrogen-bond donors (Lipinski definition) is 1. The van der Waals surface area contributed by atoms with Gasteiger partial charge in [-0.2, -0.15) is 10.4 Å². The predicted octanol–water partition coefficient (Wildman–Crippen LogP) is 3.39. The van der Waals surface area contributed by atoms with Gasteiger partial charge in [-0.25, -0.2) is 9.97 Å². The molecule has 0 radical (unpaired) electrons. The Balaban J connectivity index is 1.76. The van der Waals surface area contributed by atoms with E-state index in [9.17, 15) is 5.26 Å². The van der Waals surface area contributed by atoms with Crippen molar-refractivity contribution in [2.75, 3.05) is 0 Å². The van der Waals surface area contributed by atoms with Crippen molar-refractivity contribution in [3.63, 3.8) is 0 Å². The standard InChI is InChI=1S/C17H18N6/c18-8-7-17(5-2-1-3-6-17)23-11-13(10-22-23)15-14-4-9-19-16(14)21-12-20-15/h4,9-12H,1-3,5-7H2,(H,19,20,21). The fourth-order valence-electron chi connectivity index (χ4n) is 3.65. The van der Waals surface area contributed by atoms with Crippen LogP contribution in [-0.4, -0.2) is 24.7 Å². The van der Waals surface area contributed by atoms with Gasteiger partial charge in [-0.1, -0.05) is 19.3 Å². The summed E-state index contributed by atoms with van der Waals surface area (Å²) in [5.41, 5.74) is 2.52. The lowest BCUT2D eigenvalue weighted by molar-refractivity contribution is 0.178. The predicted molar refractivity (Wildman–Crippen MR) is 86.4 cm³/mol. The van der Waals surface area contributed by atoms with E-state index >= 15 is 0 Å². The maximum atomic E-state index is 9.27. The summed E-state index contributed by atoms with van der Waals surface area (Å²) >= 11 is 0. The Morgan fingerprint density at radius 3 is 2.96 bits per heavy atom. The van der Waals surface area contributed by atoms with E-state index in [0.29, 0.717) is 6.42 Å². The molecule has 0 saturated heterocycles. The third-order valence-electron chi connectivity index (χ3n) is 4.89. The molecular weight excluding hydrogens is 288 g/mol. The molecule has 23 heavy (non-hydrogen) atoms. The molecule has 1 aliphatic rings. The van der Waals surface area contributed by atoms with Crippen LogP contribution in [0.25, 0.3) is 22.3 Å². The van der Waals surface area contributed by atoms with Gasteiger partial charge in [0.25, 0.3) is 0 Å². The highest BCUT2D eigenvalue weighted by Crippen LogP contribution is 2.38. The smallest absolute Gasteiger partial charge is 0.141 e. The van der Waals surface area contributed by atoms with Gasteiger partial charge in [-0.05, 0) is 18.9 Å². The zero-order valence-corrected chi connectivity index (χ0v) is 12.9. The van der Waals surface area contributed by atoms with Gasteiger partial charge < -0.3 is 4.98 Å². The van der Waals surface area contributed by atoms with Crippen molar-refractivity contribution < 1.29 is 0 Å². The van der Waals surface area contributed by atoms with E-state index < -0.39 is 0 Å². The highest BCUT2D eigenvalue weighted by molar-refractivity contribution is 5.89. The van der Waals surface area contributed by atoms with Crippen LogP contribution >= 0.6 is 0 Å². The lowest BCUT2D eigenvalue weighted by Crippen LogP contribution is -2.36. The highest BCUT2D eigenvalue weighted by Gasteiger charge is 2.34. The first kappa shape index (κ1) is 13.9. The largest absolute Gasteiger partial charge is 0.346 e. The van der Waals surface area contributed by atoms with Crippen molar-refractivity contribution in [1.29, 1.82) is 5.26 Å². The maximum absolute atomic E-state index is 9.27. The molecule has 0 unspecified atom stereocenters. The van der Waals surface area contributed by atoms with Crippen LogP contribution in [0.4, 0.5) is 0 Å². The molecule has 0 spiro atoms. The number of H-pyrrole nitrogens is 1. The van der Waals surface area contributed by atoms with E-state index in [-0.39, 0.29) is 5.54 Å². The molecule has 6 nitrogen and oxygen atoms in total. The van der Waals surface area contributed by atoms with Crippen molar-refractivity contribution in [1.82, 2.24) is 24.7 Å². The molecule has 1 saturated carbocycles. The first-order valence-corrected chi connectivity index (χ1v) is 8.03. The minimum atomic E-state index is -0.157. The SMILES string of the molecule is N#CCC1(n2cc(-c3ncnc4[nH]ccc34)cn2)CCCCC1. The molecule has 0 aromatic carbocycles. The Bertz CT molecular complexity index is 862. The van der Waals surface area contributed by atoms with E-state index in [4.69, 9.17) is 0 Å². The fourth-order valence-corrected chi connectivity index (χ4v) is 3.65. The van der Waals surface area contributed by atoms with Gasteiger partial charge in [0.15, 0.2) is 0 Å². The first-order chi connectivity index (χ1) is 11.3. The zero-order chi connectivity index (χ0) is 15.7. The lowest BCUT2D eigenvalue weighted by Gasteiger charge is -2.35. The summed E-state index contributed by atoms with van der Waals surface area (Å²) in [6, 6.07) is 4.34. The van der Waals surface area contributed by atoms with Crippen LogP contribution < -0.4 is 0 Å². The number of hydrogen-bond acceptors (Lipinski definition) is 4. The molecule has 0 atom stereocenters. The summed E-state index contributed by atoms with van der Waals surface area (Å²) in [6.07, 6.45) is 13.4. The minimum Gasteiger partial charge on any atom is -0.346 e. The summed E-state index contributed by atoms with van der Waals surface area (Å²) in [5.74, 6) is 0. The normalized spacial score (nSPS) is 17.2. The summed E-state index contributed by atoms with van der Waals surface area (Å²) in [6.45, 7) is 0. The van der Waals surface area contributed by atoms with Crippen molar-refractivity contribution >= 4 is 11.0 Å². The van der Waals surface area contributed by atoms with E-state index in [1.165, 1.54) is 6.42 Å². The van der Waals surface area contributed by atoms with E-state index in [1.807, 2.05) is 29.3 Å². The molecule has 0 amide bonds. The van der Waals surface area contributed by atoms with Gasteiger partial charge in [-0.3, -0.25) is 4.68 Å². The van der Waals surface area contributed by atoms with Crippen LogP contribution in [0.2, 0.25) is 0 Å². The molecule has 1 aliphatic carbocycles. The molecule has 0 bridgehead atoms. The molecule has 4 rings (SSSR count). The molecule has 0 aliphatic heterocycles. The highest BCUT2D eigenvalue weighted by atomic mass is 15.3. The first-order valence-electron chi connectivity index (χ1n) is 8.03. The third-order valence-corrected chi connectivity index (χ3v) is 4.89. The van der Waals surface area contributed by atoms with Gasteiger partial charge in [0.2, 0.25) is 0 Å². The van der Waals surface area contributed by atoms with Gasteiger partial charge in [0.1, 0.15) is 12.0 Å². The fraction of sp³-hybridized carbons (Fsp3) is 0.412. The Kier molecular flexibility index (Phi) is 3.34. The average molecular weight is 306 g/mol. The van der Waals surface area contributed by atoms with Crippen LogP contribution in [0.3, 0.4) is 0 Å². The average Bonchev–Trinajstić information content (AvgIpc) is 3.25. The topological polar surface area (TPSA) is 83.2 Å². The monoisotopic (exact) mass is 306 g/mol. The van der Waals surface area contributed by atoms with Crippen LogP contribution in [0.5, 0.6) is 0 Å². The second kappa shape index (κ2) is 5.51. The van der Waals surface area contributed by atoms with Crippen LogP contribution in [0.15, 0.2) is 31.0 Å². The molecule has 1 fully saturated rings. The van der Waals surface area contributed by atoms with E-state index in [1.54, 1.807) is 6.33 Å². The van der Waals surface area contributed by atoms with Crippen LogP contribution in [0, 0.1) is 11.3 Å². The molecule has 6 heteroatoms. The van der Waals surface area contributed by atoms with Gasteiger partial charge >= 0.3 is 0 Å². The molecular formula is C17H18N6. The van der Waals surface area contributed by atoms with E-state index in [2.05, 4.69) is 26.1 Å². The molecule has 3 heterocycles. The van der Waals surface area contributed by atoms with E-state index in [0.717, 1.165) is 48.0 Å². The molecule has 116 valence electrons. The number of nitrogens with one attached hydrogen (secondary N) is 1. The zero-order valence-electron chi connectivity index (χ0n) is 12.9. The summed E-state index contributed by atoms with van der Waals surface area (Å²) in [5, 5.41) is 14.9. The molecule has 1 N–H and O–H groups in total. The third kappa shape index (κ3) is 2.29. The number of fused-ring (bicyclic) bond motifs is 1. The lowest BCUT2D eigenvalue weighted by atomic mass is 9.80. The number of rotatable bonds is 3. The Hall–Kier alpha value is -2.68. The number of aromatic nitrogens is 5. The minimum absolute atomic E-state index is 0.157. The quantitative estimate of drug-likeness (QED) is 0.804. The van der Waals surface area contributed by atoms with Gasteiger partial charge in [-0.15, -0.1) is 0 Å². The van der Waals surface area contributed by atoms with Gasteiger partial charge in [0.05, 0.1) is 29.9 Å². The van der Waals surface area contributed by atoms with Crippen molar-refractivity contribution in [2.24, 2.45) is 0 Å². The number of aromatic amines is 1. The summed E-state index contributed by atoms with van der Waals surface area (Å²) < 4.78 is 2.01. The second-order valence-corrected chi connectivity index (χ2v) is 6.26. The second-order valence-electron chi connectivity index (χ2n) is 6.26.